The minimum Gasteiger partial charge on any atom is -0.495 e. The molecule has 1 saturated carbocycles. The SMILES string of the molecule is COc1ccc(Cl)cc1N1CC(C(=O)NCCCc2nnc(SC)n2C2CCCC2)CC1=O. The first-order chi connectivity index (χ1) is 16.0. The zero-order chi connectivity index (χ0) is 23.4. The number of nitrogens with zero attached hydrogens (tertiary/aromatic N) is 4. The number of ether oxygens (including phenoxy) is 1. The van der Waals surface area contributed by atoms with Gasteiger partial charge < -0.3 is 19.5 Å². The third-order valence-corrected chi connectivity index (χ3v) is 7.29. The highest BCUT2D eigenvalue weighted by Crippen LogP contribution is 2.35. The molecule has 1 aromatic carbocycles. The van der Waals surface area contributed by atoms with Crippen molar-refractivity contribution in [2.24, 2.45) is 5.92 Å². The molecule has 1 aromatic heterocycles. The van der Waals surface area contributed by atoms with E-state index in [9.17, 15) is 9.59 Å². The second-order valence-corrected chi connectivity index (χ2v) is 9.74. The van der Waals surface area contributed by atoms with Crippen molar-refractivity contribution >= 4 is 40.9 Å². The summed E-state index contributed by atoms with van der Waals surface area (Å²) in [6.45, 7) is 0.852. The van der Waals surface area contributed by atoms with Crippen molar-refractivity contribution in [3.63, 3.8) is 0 Å². The lowest BCUT2D eigenvalue weighted by atomic mass is 10.1. The molecule has 0 bridgehead atoms. The first kappa shape index (κ1) is 23.9. The molecule has 2 aliphatic rings. The van der Waals surface area contributed by atoms with Crippen LogP contribution < -0.4 is 15.0 Å². The smallest absolute Gasteiger partial charge is 0.227 e. The molecule has 1 aliphatic carbocycles. The van der Waals surface area contributed by atoms with Gasteiger partial charge in [0.1, 0.15) is 11.6 Å². The summed E-state index contributed by atoms with van der Waals surface area (Å²) in [7, 11) is 1.55. The summed E-state index contributed by atoms with van der Waals surface area (Å²) in [6, 6.07) is 5.63. The number of rotatable bonds is 9. The summed E-state index contributed by atoms with van der Waals surface area (Å²) in [5, 5.41) is 13.2. The number of halogens is 1. The Bertz CT molecular complexity index is 1010. The van der Waals surface area contributed by atoms with Gasteiger partial charge in [-0.3, -0.25) is 9.59 Å². The van der Waals surface area contributed by atoms with Gasteiger partial charge in [0.15, 0.2) is 5.16 Å². The molecule has 0 spiro atoms. The van der Waals surface area contributed by atoms with E-state index in [1.54, 1.807) is 42.0 Å². The van der Waals surface area contributed by atoms with Crippen molar-refractivity contribution in [3.05, 3.63) is 29.0 Å². The Hall–Kier alpha value is -2.26. The van der Waals surface area contributed by atoms with Crippen LogP contribution in [0.5, 0.6) is 5.75 Å². The lowest BCUT2D eigenvalue weighted by Crippen LogP contribution is -2.33. The van der Waals surface area contributed by atoms with Crippen molar-refractivity contribution in [2.75, 3.05) is 31.4 Å². The lowest BCUT2D eigenvalue weighted by molar-refractivity contribution is -0.126. The fourth-order valence-electron chi connectivity index (χ4n) is 4.74. The van der Waals surface area contributed by atoms with Gasteiger partial charge in [-0.15, -0.1) is 10.2 Å². The zero-order valence-electron chi connectivity index (χ0n) is 19.1. The highest BCUT2D eigenvalue weighted by molar-refractivity contribution is 7.98. The molecule has 2 fully saturated rings. The van der Waals surface area contributed by atoms with Crippen molar-refractivity contribution in [1.82, 2.24) is 20.1 Å². The Morgan fingerprint density at radius 2 is 2.09 bits per heavy atom. The standard InChI is InChI=1S/C23H30ClN5O3S/c1-32-19-10-9-16(24)13-18(19)28-14-15(12-21(28)30)22(31)25-11-5-8-20-26-27-23(33-2)29(20)17-6-3-4-7-17/h9-10,13,15,17H,3-8,11-12,14H2,1-2H3,(H,25,31). The molecule has 1 saturated heterocycles. The number of methoxy groups -OCH3 is 1. The predicted molar refractivity (Wildman–Crippen MR) is 129 cm³/mol. The van der Waals surface area contributed by atoms with Crippen molar-refractivity contribution in [1.29, 1.82) is 0 Å². The summed E-state index contributed by atoms with van der Waals surface area (Å²) >= 11 is 7.74. The van der Waals surface area contributed by atoms with Gasteiger partial charge in [-0.05, 0) is 43.7 Å². The van der Waals surface area contributed by atoms with E-state index in [0.717, 1.165) is 23.8 Å². The Labute approximate surface area is 203 Å². The van der Waals surface area contributed by atoms with Gasteiger partial charge >= 0.3 is 0 Å². The molecule has 2 aromatic rings. The number of carbonyl (C=O) groups excluding carboxylic acids is 2. The summed E-state index contributed by atoms with van der Waals surface area (Å²) in [5.41, 5.74) is 0.598. The molecule has 1 atom stereocenters. The number of hydrogen-bond acceptors (Lipinski definition) is 6. The van der Waals surface area contributed by atoms with Gasteiger partial charge in [0, 0.05) is 37.0 Å². The molecule has 8 nitrogen and oxygen atoms in total. The third-order valence-electron chi connectivity index (χ3n) is 6.41. The van der Waals surface area contributed by atoms with E-state index >= 15 is 0 Å². The van der Waals surface area contributed by atoms with Gasteiger partial charge in [0.05, 0.1) is 18.7 Å². The average Bonchev–Trinajstić information content (AvgIpc) is 3.55. The summed E-state index contributed by atoms with van der Waals surface area (Å²) in [4.78, 5) is 26.9. The molecule has 4 rings (SSSR count). The molecule has 2 amide bonds. The quantitative estimate of drug-likeness (QED) is 0.423. The van der Waals surface area contributed by atoms with Gasteiger partial charge in [-0.1, -0.05) is 36.2 Å². The topological polar surface area (TPSA) is 89.3 Å². The number of amides is 2. The van der Waals surface area contributed by atoms with Crippen LogP contribution >= 0.6 is 23.4 Å². The van der Waals surface area contributed by atoms with Crippen molar-refractivity contribution in [3.8, 4) is 5.75 Å². The number of carbonyl (C=O) groups is 2. The van der Waals surface area contributed by atoms with Gasteiger partial charge in [0.25, 0.3) is 0 Å². The maximum atomic E-state index is 12.7. The fourth-order valence-corrected chi connectivity index (χ4v) is 5.48. The fraction of sp³-hybridized carbons (Fsp3) is 0.565. The van der Waals surface area contributed by atoms with E-state index in [4.69, 9.17) is 16.3 Å². The molecule has 1 N–H and O–H groups in total. The van der Waals surface area contributed by atoms with Crippen LogP contribution in [0.4, 0.5) is 5.69 Å². The first-order valence-corrected chi connectivity index (χ1v) is 13.0. The second kappa shape index (κ2) is 10.8. The highest BCUT2D eigenvalue weighted by atomic mass is 35.5. The zero-order valence-corrected chi connectivity index (χ0v) is 20.6. The lowest BCUT2D eigenvalue weighted by Gasteiger charge is -2.20. The highest BCUT2D eigenvalue weighted by Gasteiger charge is 2.36. The monoisotopic (exact) mass is 491 g/mol. The van der Waals surface area contributed by atoms with Crippen molar-refractivity contribution in [2.45, 2.75) is 56.1 Å². The Kier molecular flexibility index (Phi) is 7.80. The molecule has 33 heavy (non-hydrogen) atoms. The summed E-state index contributed by atoms with van der Waals surface area (Å²) in [5.74, 6) is 0.950. The van der Waals surface area contributed by atoms with E-state index in [1.807, 2.05) is 6.26 Å². The molecular weight excluding hydrogens is 462 g/mol. The summed E-state index contributed by atoms with van der Waals surface area (Å²) < 4.78 is 7.66. The van der Waals surface area contributed by atoms with Crippen LogP contribution in [0.3, 0.4) is 0 Å². The third kappa shape index (κ3) is 5.30. The minimum absolute atomic E-state index is 0.103. The van der Waals surface area contributed by atoms with E-state index in [1.165, 1.54) is 25.7 Å². The largest absolute Gasteiger partial charge is 0.495 e. The Morgan fingerprint density at radius 3 is 2.82 bits per heavy atom. The number of nitrogens with one attached hydrogen (secondary N) is 1. The van der Waals surface area contributed by atoms with Crippen LogP contribution in [0.1, 0.15) is 50.4 Å². The predicted octanol–water partition coefficient (Wildman–Crippen LogP) is 3.88. The van der Waals surface area contributed by atoms with Crippen molar-refractivity contribution < 1.29 is 14.3 Å². The molecule has 2 heterocycles. The number of aryl methyl sites for hydroxylation is 1. The molecule has 1 aliphatic heterocycles. The van der Waals surface area contributed by atoms with Crippen LogP contribution in [-0.4, -0.2) is 53.0 Å². The number of hydrogen-bond donors (Lipinski definition) is 1. The van der Waals surface area contributed by atoms with Crippen LogP contribution in [0, 0.1) is 5.92 Å². The maximum absolute atomic E-state index is 12.7. The average molecular weight is 492 g/mol. The Morgan fingerprint density at radius 1 is 1.30 bits per heavy atom. The molecule has 178 valence electrons. The van der Waals surface area contributed by atoms with E-state index < -0.39 is 5.92 Å². The minimum atomic E-state index is -0.397. The van der Waals surface area contributed by atoms with Gasteiger partial charge in [-0.2, -0.15) is 0 Å². The first-order valence-electron chi connectivity index (χ1n) is 11.4. The normalized spacial score (nSPS) is 18.8. The summed E-state index contributed by atoms with van der Waals surface area (Å²) in [6.07, 6.45) is 8.61. The second-order valence-electron chi connectivity index (χ2n) is 8.53. The van der Waals surface area contributed by atoms with E-state index in [2.05, 4.69) is 20.1 Å². The van der Waals surface area contributed by atoms with E-state index in [0.29, 0.717) is 35.6 Å². The number of anilines is 1. The van der Waals surface area contributed by atoms with E-state index in [-0.39, 0.29) is 18.2 Å². The van der Waals surface area contributed by atoms with Crippen LogP contribution in [0.25, 0.3) is 0 Å². The number of thioether (sulfide) groups is 1. The number of aromatic nitrogens is 3. The Balaban J connectivity index is 1.30. The molecule has 10 heteroatoms. The van der Waals surface area contributed by atoms with Crippen LogP contribution in [0.15, 0.2) is 23.4 Å². The van der Waals surface area contributed by atoms with Gasteiger partial charge in [0.2, 0.25) is 11.8 Å². The van der Waals surface area contributed by atoms with Crippen LogP contribution in [-0.2, 0) is 16.0 Å². The molecule has 1 unspecified atom stereocenters. The van der Waals surface area contributed by atoms with Crippen LogP contribution in [0.2, 0.25) is 5.02 Å². The molecular formula is C23H30ClN5O3S. The maximum Gasteiger partial charge on any atom is 0.227 e. The molecule has 0 radical (unpaired) electrons. The number of benzene rings is 1. The van der Waals surface area contributed by atoms with Gasteiger partial charge in [-0.25, -0.2) is 0 Å².